The second kappa shape index (κ2) is 9.55. The Balaban J connectivity index is 1.58. The lowest BCUT2D eigenvalue weighted by Gasteiger charge is -2.12. The number of nitrogens with one attached hydrogen (secondary N) is 1. The number of hydrogen-bond acceptors (Lipinski definition) is 5. The predicted molar refractivity (Wildman–Crippen MR) is 134 cm³/mol. The quantitative estimate of drug-likeness (QED) is 0.411. The number of hydrogen-bond donors (Lipinski definition) is 1. The molecule has 7 nitrogen and oxygen atoms in total. The molecule has 0 aliphatic rings. The Hall–Kier alpha value is -3.87. The van der Waals surface area contributed by atoms with E-state index in [1.165, 1.54) is 5.56 Å². The molecule has 0 unspecified atom stereocenters. The van der Waals surface area contributed by atoms with Gasteiger partial charge in [-0.15, -0.1) is 0 Å². The summed E-state index contributed by atoms with van der Waals surface area (Å²) in [6.07, 6.45) is 0.947. The van der Waals surface area contributed by atoms with Crippen molar-refractivity contribution in [3.8, 4) is 22.8 Å². The van der Waals surface area contributed by atoms with Gasteiger partial charge in [0.05, 0.1) is 19.9 Å². The Morgan fingerprint density at radius 3 is 2.32 bits per heavy atom. The molecule has 0 atom stereocenters. The van der Waals surface area contributed by atoms with Crippen molar-refractivity contribution in [2.75, 3.05) is 19.5 Å². The van der Waals surface area contributed by atoms with Gasteiger partial charge in [-0.25, -0.2) is 9.50 Å². The lowest BCUT2D eigenvalue weighted by atomic mass is 10.1. The summed E-state index contributed by atoms with van der Waals surface area (Å²) in [5.74, 6) is 1.38. The van der Waals surface area contributed by atoms with Crippen molar-refractivity contribution in [2.24, 2.45) is 0 Å². The number of aryl methyl sites for hydroxylation is 4. The van der Waals surface area contributed by atoms with Crippen molar-refractivity contribution in [1.29, 1.82) is 0 Å². The van der Waals surface area contributed by atoms with Gasteiger partial charge in [-0.2, -0.15) is 5.10 Å². The van der Waals surface area contributed by atoms with Gasteiger partial charge in [-0.05, 0) is 63.4 Å². The number of rotatable bonds is 7. The SMILES string of the molecule is COc1cc(OC)cc(-c2cc3nc(C)c(CCC(=O)Nc4ccc(C)cc4C)c(C)n3n2)c1. The van der Waals surface area contributed by atoms with Gasteiger partial charge in [-0.1, -0.05) is 17.7 Å². The molecular formula is C27H30N4O3. The number of carbonyl (C=O) groups excluding carboxylic acids is 1. The number of fused-ring (bicyclic) bond motifs is 1. The zero-order chi connectivity index (χ0) is 24.4. The van der Waals surface area contributed by atoms with E-state index >= 15 is 0 Å². The van der Waals surface area contributed by atoms with Gasteiger partial charge in [0.15, 0.2) is 5.65 Å². The Morgan fingerprint density at radius 2 is 1.68 bits per heavy atom. The van der Waals surface area contributed by atoms with E-state index in [-0.39, 0.29) is 5.91 Å². The summed E-state index contributed by atoms with van der Waals surface area (Å²) in [6.45, 7) is 8.04. The van der Waals surface area contributed by atoms with Crippen LogP contribution < -0.4 is 14.8 Å². The number of amides is 1. The molecule has 1 N–H and O–H groups in total. The van der Waals surface area contributed by atoms with E-state index in [1.54, 1.807) is 14.2 Å². The fourth-order valence-electron chi connectivity index (χ4n) is 4.19. The van der Waals surface area contributed by atoms with Gasteiger partial charge in [-0.3, -0.25) is 4.79 Å². The van der Waals surface area contributed by atoms with Crippen molar-refractivity contribution < 1.29 is 14.3 Å². The zero-order valence-electron chi connectivity index (χ0n) is 20.5. The molecule has 34 heavy (non-hydrogen) atoms. The maximum Gasteiger partial charge on any atom is 0.224 e. The molecule has 0 fully saturated rings. The number of aromatic nitrogens is 3. The molecule has 0 bridgehead atoms. The smallest absolute Gasteiger partial charge is 0.224 e. The molecule has 0 saturated heterocycles. The molecule has 1 amide bonds. The highest BCUT2D eigenvalue weighted by atomic mass is 16.5. The van der Waals surface area contributed by atoms with Crippen molar-refractivity contribution >= 4 is 17.2 Å². The summed E-state index contributed by atoms with van der Waals surface area (Å²) in [5, 5.41) is 7.82. The molecule has 2 aromatic heterocycles. The van der Waals surface area contributed by atoms with Crippen molar-refractivity contribution in [3.63, 3.8) is 0 Å². The largest absolute Gasteiger partial charge is 0.497 e. The molecule has 0 saturated carbocycles. The zero-order valence-corrected chi connectivity index (χ0v) is 20.5. The normalized spacial score (nSPS) is 11.0. The van der Waals surface area contributed by atoms with Gasteiger partial charge in [0.2, 0.25) is 5.91 Å². The lowest BCUT2D eigenvalue weighted by Crippen LogP contribution is -2.15. The summed E-state index contributed by atoms with van der Waals surface area (Å²) < 4.78 is 12.6. The number of methoxy groups -OCH3 is 2. The maximum atomic E-state index is 12.6. The first kappa shape index (κ1) is 23.3. The Morgan fingerprint density at radius 1 is 0.971 bits per heavy atom. The first-order valence-corrected chi connectivity index (χ1v) is 11.3. The number of benzene rings is 2. The van der Waals surface area contributed by atoms with Gasteiger partial charge in [0.1, 0.15) is 11.5 Å². The number of carbonyl (C=O) groups is 1. The van der Waals surface area contributed by atoms with Gasteiger partial charge in [0, 0.05) is 41.2 Å². The van der Waals surface area contributed by atoms with Crippen LogP contribution in [0.5, 0.6) is 11.5 Å². The molecule has 0 radical (unpaired) electrons. The Bertz CT molecular complexity index is 1350. The highest BCUT2D eigenvalue weighted by Gasteiger charge is 2.16. The fraction of sp³-hybridized carbons (Fsp3) is 0.296. The van der Waals surface area contributed by atoms with Crippen LogP contribution in [0.15, 0.2) is 42.5 Å². The molecule has 0 spiro atoms. The molecule has 7 heteroatoms. The molecule has 4 rings (SSSR count). The molecular weight excluding hydrogens is 428 g/mol. The second-order valence-electron chi connectivity index (χ2n) is 8.53. The van der Waals surface area contributed by atoms with Crippen LogP contribution in [-0.4, -0.2) is 34.7 Å². The van der Waals surface area contributed by atoms with Gasteiger partial charge in [0.25, 0.3) is 0 Å². The standard InChI is InChI=1S/C27H30N4O3/c1-16-7-9-24(17(2)11-16)29-27(32)10-8-23-18(3)28-26-15-25(30-31(26)19(23)4)20-12-21(33-5)14-22(13-20)34-6/h7,9,11-15H,8,10H2,1-6H3,(H,29,32). The van der Waals surface area contributed by atoms with Crippen LogP contribution in [0, 0.1) is 27.7 Å². The molecule has 0 aliphatic carbocycles. The van der Waals surface area contributed by atoms with Crippen LogP contribution in [-0.2, 0) is 11.2 Å². The van der Waals surface area contributed by atoms with E-state index in [0.29, 0.717) is 24.3 Å². The van der Waals surface area contributed by atoms with Crippen LogP contribution >= 0.6 is 0 Å². The van der Waals surface area contributed by atoms with Crippen molar-refractivity contribution in [2.45, 2.75) is 40.5 Å². The summed E-state index contributed by atoms with van der Waals surface area (Å²) in [4.78, 5) is 17.4. The van der Waals surface area contributed by atoms with Crippen LogP contribution in [0.1, 0.15) is 34.5 Å². The summed E-state index contributed by atoms with van der Waals surface area (Å²) in [6, 6.07) is 13.6. The number of nitrogens with zero attached hydrogens (tertiary/aromatic N) is 3. The molecule has 2 aromatic carbocycles. The van der Waals surface area contributed by atoms with Crippen LogP contribution in [0.25, 0.3) is 16.9 Å². The summed E-state index contributed by atoms with van der Waals surface area (Å²) in [5.41, 5.74) is 8.40. The van der Waals surface area contributed by atoms with Crippen LogP contribution in [0.3, 0.4) is 0 Å². The number of ether oxygens (including phenoxy) is 2. The monoisotopic (exact) mass is 458 g/mol. The Kier molecular flexibility index (Phi) is 6.54. The highest BCUT2D eigenvalue weighted by molar-refractivity contribution is 5.91. The Labute approximate surface area is 199 Å². The van der Waals surface area contributed by atoms with Crippen LogP contribution in [0.4, 0.5) is 5.69 Å². The van der Waals surface area contributed by atoms with E-state index < -0.39 is 0 Å². The topological polar surface area (TPSA) is 77.8 Å². The first-order chi connectivity index (χ1) is 16.3. The minimum absolute atomic E-state index is 0.0181. The summed E-state index contributed by atoms with van der Waals surface area (Å²) in [7, 11) is 3.25. The van der Waals surface area contributed by atoms with Gasteiger partial charge < -0.3 is 14.8 Å². The fourth-order valence-corrected chi connectivity index (χ4v) is 4.19. The van der Waals surface area contributed by atoms with E-state index in [9.17, 15) is 4.79 Å². The third-order valence-corrected chi connectivity index (χ3v) is 6.07. The first-order valence-electron chi connectivity index (χ1n) is 11.3. The van der Waals surface area contributed by atoms with E-state index in [1.807, 2.05) is 68.6 Å². The van der Waals surface area contributed by atoms with Crippen LogP contribution in [0.2, 0.25) is 0 Å². The van der Waals surface area contributed by atoms with E-state index in [2.05, 4.69) is 11.4 Å². The molecule has 2 heterocycles. The minimum atomic E-state index is -0.0181. The average Bonchev–Trinajstić information content (AvgIpc) is 3.24. The highest BCUT2D eigenvalue weighted by Crippen LogP contribution is 2.30. The molecule has 176 valence electrons. The van der Waals surface area contributed by atoms with Crippen molar-refractivity contribution in [1.82, 2.24) is 14.6 Å². The van der Waals surface area contributed by atoms with E-state index in [0.717, 1.165) is 45.1 Å². The maximum absolute atomic E-state index is 12.6. The van der Waals surface area contributed by atoms with Gasteiger partial charge >= 0.3 is 0 Å². The third kappa shape index (κ3) is 4.73. The molecule has 4 aromatic rings. The molecule has 0 aliphatic heterocycles. The second-order valence-corrected chi connectivity index (χ2v) is 8.53. The van der Waals surface area contributed by atoms with Crippen molar-refractivity contribution in [3.05, 3.63) is 70.5 Å². The average molecular weight is 459 g/mol. The predicted octanol–water partition coefficient (Wildman–Crippen LogP) is 5.22. The number of anilines is 1. The third-order valence-electron chi connectivity index (χ3n) is 6.07. The summed E-state index contributed by atoms with van der Waals surface area (Å²) >= 11 is 0. The minimum Gasteiger partial charge on any atom is -0.497 e. The lowest BCUT2D eigenvalue weighted by molar-refractivity contribution is -0.116. The van der Waals surface area contributed by atoms with E-state index in [4.69, 9.17) is 19.6 Å².